The number of aryl methyl sites for hydroxylation is 1. The Labute approximate surface area is 157 Å². The highest BCUT2D eigenvalue weighted by atomic mass is 35.5. The van der Waals surface area contributed by atoms with Crippen LogP contribution in [0.25, 0.3) is 0 Å². The Morgan fingerprint density at radius 2 is 1.81 bits per heavy atom. The van der Waals surface area contributed by atoms with E-state index in [4.69, 9.17) is 21.1 Å². The maximum Gasteiger partial charge on any atom is 0.276 e. The van der Waals surface area contributed by atoms with Gasteiger partial charge in [-0.05, 0) is 55.3 Å². The lowest BCUT2D eigenvalue weighted by molar-refractivity contribution is -0.123. The highest BCUT2D eigenvalue weighted by molar-refractivity contribution is 6.31. The Morgan fingerprint density at radius 1 is 1.04 bits per heavy atom. The number of hydrogen-bond donors (Lipinski definition) is 2. The Balaban J connectivity index is 1.81. The third kappa shape index (κ3) is 5.97. The zero-order valence-electron chi connectivity index (χ0n) is 14.7. The summed E-state index contributed by atoms with van der Waals surface area (Å²) in [6.07, 6.45) is 0.875. The zero-order valence-corrected chi connectivity index (χ0v) is 15.4. The van der Waals surface area contributed by atoms with Gasteiger partial charge in [-0.25, -0.2) is 0 Å². The number of amides is 2. The van der Waals surface area contributed by atoms with Crippen molar-refractivity contribution in [3.8, 4) is 11.5 Å². The first-order chi connectivity index (χ1) is 12.5. The summed E-state index contributed by atoms with van der Waals surface area (Å²) in [7, 11) is 0. The smallest absolute Gasteiger partial charge is 0.276 e. The molecule has 0 heterocycles. The van der Waals surface area contributed by atoms with Crippen LogP contribution in [0.1, 0.15) is 29.3 Å². The summed E-state index contributed by atoms with van der Waals surface area (Å²) >= 11 is 5.93. The SMILES string of the molecule is CCCOc1cccc(C(=O)NNC(=O)COc2ccc(Cl)c(C)c2)c1. The first kappa shape index (κ1) is 19.6. The van der Waals surface area contributed by atoms with Gasteiger partial charge in [0.25, 0.3) is 11.8 Å². The second-order valence-electron chi connectivity index (χ2n) is 5.58. The number of halogens is 1. The van der Waals surface area contributed by atoms with E-state index in [2.05, 4.69) is 10.9 Å². The van der Waals surface area contributed by atoms with Gasteiger partial charge in [-0.15, -0.1) is 0 Å². The first-order valence-corrected chi connectivity index (χ1v) is 8.58. The van der Waals surface area contributed by atoms with Crippen molar-refractivity contribution in [2.45, 2.75) is 20.3 Å². The molecular formula is C19H21ClN2O4. The molecule has 2 rings (SSSR count). The maximum atomic E-state index is 12.1. The largest absolute Gasteiger partial charge is 0.494 e. The first-order valence-electron chi connectivity index (χ1n) is 8.20. The summed E-state index contributed by atoms with van der Waals surface area (Å²) in [5.41, 5.74) is 5.89. The predicted molar refractivity (Wildman–Crippen MR) is 99.5 cm³/mol. The molecule has 0 bridgehead atoms. The third-order valence-corrected chi connectivity index (χ3v) is 3.81. The molecule has 2 amide bonds. The molecular weight excluding hydrogens is 356 g/mol. The van der Waals surface area contributed by atoms with Crippen molar-refractivity contribution in [3.05, 3.63) is 58.6 Å². The fourth-order valence-corrected chi connectivity index (χ4v) is 2.16. The number of carbonyl (C=O) groups is 2. The van der Waals surface area contributed by atoms with Gasteiger partial charge >= 0.3 is 0 Å². The third-order valence-electron chi connectivity index (χ3n) is 3.38. The van der Waals surface area contributed by atoms with Crippen LogP contribution in [-0.4, -0.2) is 25.0 Å². The molecule has 0 fully saturated rings. The van der Waals surface area contributed by atoms with Crippen LogP contribution in [0.15, 0.2) is 42.5 Å². The van der Waals surface area contributed by atoms with Gasteiger partial charge < -0.3 is 9.47 Å². The number of rotatable bonds is 7. The molecule has 2 aromatic rings. The van der Waals surface area contributed by atoms with Crippen molar-refractivity contribution in [3.63, 3.8) is 0 Å². The van der Waals surface area contributed by atoms with E-state index in [1.165, 1.54) is 0 Å². The molecule has 2 N–H and O–H groups in total. The minimum absolute atomic E-state index is 0.235. The van der Waals surface area contributed by atoms with E-state index in [0.717, 1.165) is 12.0 Å². The lowest BCUT2D eigenvalue weighted by Crippen LogP contribution is -2.43. The molecule has 0 radical (unpaired) electrons. The van der Waals surface area contributed by atoms with Crippen LogP contribution < -0.4 is 20.3 Å². The van der Waals surface area contributed by atoms with Crippen molar-refractivity contribution < 1.29 is 19.1 Å². The Bertz CT molecular complexity index is 780. The minimum atomic E-state index is -0.482. The van der Waals surface area contributed by atoms with Crippen LogP contribution in [0, 0.1) is 6.92 Å². The van der Waals surface area contributed by atoms with E-state index in [1.54, 1.807) is 42.5 Å². The van der Waals surface area contributed by atoms with E-state index in [0.29, 0.717) is 28.7 Å². The van der Waals surface area contributed by atoms with Crippen LogP contribution in [0.5, 0.6) is 11.5 Å². The molecule has 138 valence electrons. The quantitative estimate of drug-likeness (QED) is 0.727. The summed E-state index contributed by atoms with van der Waals surface area (Å²) in [5, 5.41) is 0.624. The van der Waals surface area contributed by atoms with Crippen molar-refractivity contribution in [2.75, 3.05) is 13.2 Å². The van der Waals surface area contributed by atoms with Gasteiger partial charge in [-0.2, -0.15) is 0 Å². The van der Waals surface area contributed by atoms with Crippen molar-refractivity contribution >= 4 is 23.4 Å². The summed E-state index contributed by atoms with van der Waals surface area (Å²) in [5.74, 6) is 0.202. The zero-order chi connectivity index (χ0) is 18.9. The fraction of sp³-hybridized carbons (Fsp3) is 0.263. The van der Waals surface area contributed by atoms with Crippen molar-refractivity contribution in [1.82, 2.24) is 10.9 Å². The summed E-state index contributed by atoms with van der Waals surface area (Å²) in [4.78, 5) is 23.9. The molecule has 0 saturated heterocycles. The van der Waals surface area contributed by atoms with Crippen LogP contribution in [0.3, 0.4) is 0 Å². The molecule has 0 atom stereocenters. The Kier molecular flexibility index (Phi) is 7.29. The molecule has 0 saturated carbocycles. The monoisotopic (exact) mass is 376 g/mol. The molecule has 0 unspecified atom stereocenters. The number of nitrogens with one attached hydrogen (secondary N) is 2. The van der Waals surface area contributed by atoms with Gasteiger partial charge in [-0.3, -0.25) is 20.4 Å². The molecule has 0 aliphatic carbocycles. The molecule has 0 aromatic heterocycles. The van der Waals surface area contributed by atoms with E-state index in [-0.39, 0.29) is 6.61 Å². The number of carbonyl (C=O) groups excluding carboxylic acids is 2. The highest BCUT2D eigenvalue weighted by Crippen LogP contribution is 2.20. The number of benzene rings is 2. The van der Waals surface area contributed by atoms with Gasteiger partial charge in [0.2, 0.25) is 0 Å². The molecule has 0 spiro atoms. The van der Waals surface area contributed by atoms with Gasteiger partial charge in [0.15, 0.2) is 6.61 Å². The molecule has 2 aromatic carbocycles. The second-order valence-corrected chi connectivity index (χ2v) is 5.99. The molecule has 6 nitrogen and oxygen atoms in total. The van der Waals surface area contributed by atoms with Gasteiger partial charge in [0.05, 0.1) is 6.61 Å². The normalized spacial score (nSPS) is 10.1. The minimum Gasteiger partial charge on any atom is -0.494 e. The molecule has 0 aliphatic heterocycles. The fourth-order valence-electron chi connectivity index (χ4n) is 2.04. The van der Waals surface area contributed by atoms with E-state index in [9.17, 15) is 9.59 Å². The average molecular weight is 377 g/mol. The van der Waals surface area contributed by atoms with Crippen LogP contribution >= 0.6 is 11.6 Å². The Morgan fingerprint density at radius 3 is 2.54 bits per heavy atom. The number of hydrogen-bond acceptors (Lipinski definition) is 4. The maximum absolute atomic E-state index is 12.1. The van der Waals surface area contributed by atoms with E-state index < -0.39 is 11.8 Å². The average Bonchev–Trinajstić information content (AvgIpc) is 2.65. The lowest BCUT2D eigenvalue weighted by Gasteiger charge is -2.10. The number of hydrazine groups is 1. The standard InChI is InChI=1S/C19H21ClN2O4/c1-3-9-25-15-6-4-5-14(11-15)19(24)22-21-18(23)12-26-16-7-8-17(20)13(2)10-16/h4-8,10-11H,3,9,12H2,1-2H3,(H,21,23)(H,22,24). The van der Waals surface area contributed by atoms with Crippen LogP contribution in [0.2, 0.25) is 5.02 Å². The van der Waals surface area contributed by atoms with E-state index in [1.807, 2.05) is 13.8 Å². The summed E-state index contributed by atoms with van der Waals surface area (Å²) in [6.45, 7) is 4.18. The predicted octanol–water partition coefficient (Wildman–Crippen LogP) is 3.28. The molecule has 0 aliphatic rings. The number of ether oxygens (including phenoxy) is 2. The molecule has 26 heavy (non-hydrogen) atoms. The van der Waals surface area contributed by atoms with E-state index >= 15 is 0 Å². The van der Waals surface area contributed by atoms with Gasteiger partial charge in [0.1, 0.15) is 11.5 Å². The van der Waals surface area contributed by atoms with Crippen LogP contribution in [-0.2, 0) is 4.79 Å². The van der Waals surface area contributed by atoms with Crippen molar-refractivity contribution in [2.24, 2.45) is 0 Å². The Hall–Kier alpha value is -2.73. The summed E-state index contributed by atoms with van der Waals surface area (Å²) in [6, 6.07) is 11.8. The van der Waals surface area contributed by atoms with Gasteiger partial charge in [-0.1, -0.05) is 24.6 Å². The van der Waals surface area contributed by atoms with Gasteiger partial charge in [0, 0.05) is 10.6 Å². The second kappa shape index (κ2) is 9.68. The van der Waals surface area contributed by atoms with Crippen LogP contribution in [0.4, 0.5) is 0 Å². The highest BCUT2D eigenvalue weighted by Gasteiger charge is 2.09. The topological polar surface area (TPSA) is 76.7 Å². The summed E-state index contributed by atoms with van der Waals surface area (Å²) < 4.78 is 10.8. The van der Waals surface area contributed by atoms with Crippen molar-refractivity contribution in [1.29, 1.82) is 0 Å². The lowest BCUT2D eigenvalue weighted by atomic mass is 10.2. The molecule has 7 heteroatoms.